The number of nitrogens with zero attached hydrogens (tertiary/aromatic N) is 7. The summed E-state index contributed by atoms with van der Waals surface area (Å²) in [6, 6.07) is 16.5. The molecule has 4 atom stereocenters. The molecule has 38 heavy (non-hydrogen) atoms. The van der Waals surface area contributed by atoms with Crippen LogP contribution in [0.1, 0.15) is 17.4 Å². The number of likely N-dealkylation sites (N-methyl/N-ethyl adjacent to an activating group) is 1. The Morgan fingerprint density at radius 3 is 2.76 bits per heavy atom. The van der Waals surface area contributed by atoms with Gasteiger partial charge in [0.15, 0.2) is 23.2 Å². The van der Waals surface area contributed by atoms with Crippen molar-refractivity contribution < 1.29 is 19.4 Å². The molecule has 3 heterocycles. The lowest BCUT2D eigenvalue weighted by Gasteiger charge is -2.17. The molecule has 0 saturated carbocycles. The number of ether oxygens (including phenoxy) is 2. The number of azide groups is 1. The number of aromatic nitrogens is 4. The molecule has 13 heteroatoms. The van der Waals surface area contributed by atoms with E-state index in [1.54, 1.807) is 0 Å². The Kier molecular flexibility index (Phi) is 7.31. The van der Waals surface area contributed by atoms with Gasteiger partial charge in [0.2, 0.25) is 5.91 Å². The molecule has 4 aromatic rings. The average Bonchev–Trinajstić information content (AvgIpc) is 3.53. The third kappa shape index (κ3) is 4.93. The maximum Gasteiger partial charge on any atom is 0.249 e. The van der Waals surface area contributed by atoms with Crippen LogP contribution in [-0.2, 0) is 22.7 Å². The second kappa shape index (κ2) is 11.1. The van der Waals surface area contributed by atoms with Gasteiger partial charge in [0, 0.05) is 24.1 Å². The Bertz CT molecular complexity index is 1470. The number of benzene rings is 2. The molecule has 0 bridgehead atoms. The molecule has 2 aromatic carbocycles. The summed E-state index contributed by atoms with van der Waals surface area (Å²) in [5.41, 5.74) is 11.7. The molecule has 1 fully saturated rings. The van der Waals surface area contributed by atoms with Gasteiger partial charge in [-0.05, 0) is 17.2 Å². The third-order valence-corrected chi connectivity index (χ3v) is 6.22. The van der Waals surface area contributed by atoms with E-state index < -0.39 is 30.4 Å². The summed E-state index contributed by atoms with van der Waals surface area (Å²) < 4.78 is 13.3. The number of hydrogen-bond acceptors (Lipinski definition) is 9. The third-order valence-electron chi connectivity index (χ3n) is 6.22. The highest BCUT2D eigenvalue weighted by Gasteiger charge is 2.48. The van der Waals surface area contributed by atoms with Gasteiger partial charge in [-0.25, -0.2) is 15.0 Å². The van der Waals surface area contributed by atoms with Gasteiger partial charge < -0.3 is 25.2 Å². The number of anilines is 1. The first-order chi connectivity index (χ1) is 18.6. The van der Waals surface area contributed by atoms with Crippen molar-refractivity contribution in [3.05, 3.63) is 88.8 Å². The highest BCUT2D eigenvalue weighted by atomic mass is 16.5. The van der Waals surface area contributed by atoms with Gasteiger partial charge in [0.05, 0.1) is 6.33 Å². The van der Waals surface area contributed by atoms with E-state index >= 15 is 0 Å². The number of aliphatic hydroxyl groups is 1. The summed E-state index contributed by atoms with van der Waals surface area (Å²) >= 11 is 0. The average molecular weight is 516 g/mol. The first-order valence-corrected chi connectivity index (χ1v) is 11.9. The normalized spacial score (nSPS) is 20.6. The monoisotopic (exact) mass is 515 g/mol. The predicted molar refractivity (Wildman–Crippen MR) is 137 cm³/mol. The molecule has 194 valence electrons. The Balaban J connectivity index is 1.35. The standard InChI is InChI=1S/C25H25N9O4/c1-27-24(36)21-18(32-33-26)20(35)25(38-21)34-14-31-19-22(29-13-30-23(19)34)28-11-16-9-5-6-10-17(16)37-12-15-7-3-2-4-8-15/h2-10,13-14,18,20-21,25,35H,11-12H2,1H3,(H,27,36)(H,28,29,30). The number of imidazole rings is 1. The summed E-state index contributed by atoms with van der Waals surface area (Å²) in [5, 5.41) is 20.1. The molecule has 5 rings (SSSR count). The van der Waals surface area contributed by atoms with Gasteiger partial charge in [0.25, 0.3) is 0 Å². The van der Waals surface area contributed by atoms with Crippen molar-refractivity contribution in [1.82, 2.24) is 24.8 Å². The van der Waals surface area contributed by atoms with Crippen LogP contribution in [0.2, 0.25) is 0 Å². The Hall–Kier alpha value is -4.71. The lowest BCUT2D eigenvalue weighted by Crippen LogP contribution is -2.40. The fourth-order valence-corrected chi connectivity index (χ4v) is 4.31. The van der Waals surface area contributed by atoms with Crippen LogP contribution in [0, 0.1) is 0 Å². The second-order valence-electron chi connectivity index (χ2n) is 8.53. The molecule has 1 aliphatic heterocycles. The Morgan fingerprint density at radius 1 is 1.18 bits per heavy atom. The predicted octanol–water partition coefficient (Wildman–Crippen LogP) is 2.70. The van der Waals surface area contributed by atoms with Crippen molar-refractivity contribution in [3.8, 4) is 5.75 Å². The summed E-state index contributed by atoms with van der Waals surface area (Å²) in [5.74, 6) is 0.693. The van der Waals surface area contributed by atoms with Crippen molar-refractivity contribution in [3.63, 3.8) is 0 Å². The fraction of sp³-hybridized carbons (Fsp3) is 0.280. The summed E-state index contributed by atoms with van der Waals surface area (Å²) in [7, 11) is 1.43. The van der Waals surface area contributed by atoms with Crippen LogP contribution in [-0.4, -0.2) is 55.8 Å². The minimum atomic E-state index is -1.30. The molecule has 4 unspecified atom stereocenters. The highest BCUT2D eigenvalue weighted by Crippen LogP contribution is 2.34. The zero-order valence-electron chi connectivity index (χ0n) is 20.4. The van der Waals surface area contributed by atoms with E-state index in [1.165, 1.54) is 24.3 Å². The molecule has 13 nitrogen and oxygen atoms in total. The van der Waals surface area contributed by atoms with E-state index in [4.69, 9.17) is 15.0 Å². The van der Waals surface area contributed by atoms with E-state index in [2.05, 4.69) is 35.6 Å². The number of carbonyl (C=O) groups is 1. The maximum absolute atomic E-state index is 12.3. The quantitative estimate of drug-likeness (QED) is 0.173. The smallest absolute Gasteiger partial charge is 0.249 e. The van der Waals surface area contributed by atoms with Crippen molar-refractivity contribution >= 4 is 22.9 Å². The minimum absolute atomic E-state index is 0.373. The minimum Gasteiger partial charge on any atom is -0.489 e. The number of fused-ring (bicyclic) bond motifs is 1. The zero-order chi connectivity index (χ0) is 26.5. The van der Waals surface area contributed by atoms with Crippen LogP contribution in [0.5, 0.6) is 5.75 Å². The van der Waals surface area contributed by atoms with Crippen molar-refractivity contribution in [2.24, 2.45) is 5.11 Å². The number of aliphatic hydroxyl groups excluding tert-OH is 1. The SMILES string of the molecule is CNC(=O)C1OC(n2cnc3c(NCc4ccccc4OCc4ccccc4)ncnc32)C(O)C1N=[N+]=[N-]. The number of carbonyl (C=O) groups excluding carboxylic acids is 1. The topological polar surface area (TPSA) is 172 Å². The maximum atomic E-state index is 12.3. The van der Waals surface area contributed by atoms with E-state index in [1.807, 2.05) is 54.6 Å². The van der Waals surface area contributed by atoms with E-state index in [0.29, 0.717) is 30.1 Å². The summed E-state index contributed by atoms with van der Waals surface area (Å²) in [6.07, 6.45) is -0.712. The van der Waals surface area contributed by atoms with Gasteiger partial charge >= 0.3 is 0 Å². The van der Waals surface area contributed by atoms with Crippen LogP contribution >= 0.6 is 0 Å². The molecule has 0 spiro atoms. The number of para-hydroxylation sites is 1. The molecular formula is C25H25N9O4. The zero-order valence-corrected chi connectivity index (χ0v) is 20.4. The van der Waals surface area contributed by atoms with E-state index in [-0.39, 0.29) is 0 Å². The molecule has 1 saturated heterocycles. The van der Waals surface area contributed by atoms with Crippen LogP contribution in [0.4, 0.5) is 5.82 Å². The second-order valence-corrected chi connectivity index (χ2v) is 8.53. The number of amides is 1. The van der Waals surface area contributed by atoms with Crippen LogP contribution < -0.4 is 15.4 Å². The summed E-state index contributed by atoms with van der Waals surface area (Å²) in [6.45, 7) is 0.849. The van der Waals surface area contributed by atoms with Crippen molar-refractivity contribution in [2.75, 3.05) is 12.4 Å². The van der Waals surface area contributed by atoms with E-state index in [0.717, 1.165) is 16.9 Å². The highest BCUT2D eigenvalue weighted by molar-refractivity contribution is 5.83. The molecule has 1 amide bonds. The lowest BCUT2D eigenvalue weighted by molar-refractivity contribution is -0.134. The lowest BCUT2D eigenvalue weighted by atomic mass is 10.1. The molecule has 0 radical (unpaired) electrons. The van der Waals surface area contributed by atoms with Crippen LogP contribution in [0.3, 0.4) is 0 Å². The molecule has 3 N–H and O–H groups in total. The Labute approximate surface area is 217 Å². The largest absolute Gasteiger partial charge is 0.489 e. The summed E-state index contributed by atoms with van der Waals surface area (Å²) in [4.78, 5) is 28.1. The van der Waals surface area contributed by atoms with Gasteiger partial charge in [-0.15, -0.1) is 0 Å². The first kappa shape index (κ1) is 25.0. The van der Waals surface area contributed by atoms with Crippen molar-refractivity contribution in [1.29, 1.82) is 0 Å². The molecule has 1 aliphatic rings. The first-order valence-electron chi connectivity index (χ1n) is 11.9. The number of nitrogens with one attached hydrogen (secondary N) is 2. The van der Waals surface area contributed by atoms with Gasteiger partial charge in [-0.1, -0.05) is 53.6 Å². The molecular weight excluding hydrogens is 490 g/mol. The van der Waals surface area contributed by atoms with Gasteiger partial charge in [-0.2, -0.15) is 0 Å². The fourth-order valence-electron chi connectivity index (χ4n) is 4.31. The Morgan fingerprint density at radius 2 is 1.97 bits per heavy atom. The van der Waals surface area contributed by atoms with E-state index in [9.17, 15) is 9.90 Å². The van der Waals surface area contributed by atoms with Crippen LogP contribution in [0.25, 0.3) is 21.6 Å². The van der Waals surface area contributed by atoms with Gasteiger partial charge in [-0.3, -0.25) is 9.36 Å². The van der Waals surface area contributed by atoms with Gasteiger partial charge in [0.1, 0.15) is 36.9 Å². The number of hydrogen-bond donors (Lipinski definition) is 3. The number of rotatable bonds is 9. The molecule has 0 aliphatic carbocycles. The van der Waals surface area contributed by atoms with Crippen LogP contribution in [0.15, 0.2) is 72.4 Å². The molecule has 2 aromatic heterocycles. The van der Waals surface area contributed by atoms with Crippen molar-refractivity contribution in [2.45, 2.75) is 37.6 Å².